The molecule has 0 unspecified atom stereocenters. The Morgan fingerprint density at radius 2 is 2.17 bits per heavy atom. The van der Waals surface area contributed by atoms with Crippen LogP contribution in [0.15, 0.2) is 71.2 Å². The van der Waals surface area contributed by atoms with Crippen molar-refractivity contribution in [3.63, 3.8) is 0 Å². The van der Waals surface area contributed by atoms with Crippen molar-refractivity contribution < 1.29 is 9.18 Å². The fraction of sp³-hybridized carbons (Fsp3) is 0.0556. The number of halogens is 1. The number of thioether (sulfide) groups is 1. The summed E-state index contributed by atoms with van der Waals surface area (Å²) in [6, 6.07) is 11.5. The lowest BCUT2D eigenvalue weighted by Crippen LogP contribution is -2.29. The maximum Gasteiger partial charge on any atom is 0.267 e. The maximum absolute atomic E-state index is 13.3. The van der Waals surface area contributed by atoms with Crippen molar-refractivity contribution in [3.8, 4) is 0 Å². The second kappa shape index (κ2) is 7.23. The van der Waals surface area contributed by atoms with Gasteiger partial charge in [-0.15, -0.1) is 6.58 Å². The molecule has 1 aromatic heterocycles. The Labute approximate surface area is 143 Å². The summed E-state index contributed by atoms with van der Waals surface area (Å²) < 4.78 is 13.3. The summed E-state index contributed by atoms with van der Waals surface area (Å²) in [5.74, 6) is -0.00201. The van der Waals surface area contributed by atoms with Crippen molar-refractivity contribution >= 4 is 34.7 Å². The van der Waals surface area contributed by atoms with Gasteiger partial charge in [0.1, 0.15) is 5.82 Å². The molecule has 4 nitrogen and oxygen atoms in total. The van der Waals surface area contributed by atoms with Crippen molar-refractivity contribution in [1.29, 1.82) is 0 Å². The van der Waals surface area contributed by atoms with Crippen molar-refractivity contribution in [2.24, 2.45) is 4.99 Å². The second-order valence-electron chi connectivity index (χ2n) is 4.95. The molecule has 0 bridgehead atoms. The van der Waals surface area contributed by atoms with Gasteiger partial charge in [-0.3, -0.25) is 9.69 Å². The van der Waals surface area contributed by atoms with Crippen LogP contribution in [0.4, 0.5) is 10.2 Å². The van der Waals surface area contributed by atoms with E-state index in [0.29, 0.717) is 28.0 Å². The van der Waals surface area contributed by atoms with E-state index in [4.69, 9.17) is 0 Å². The van der Waals surface area contributed by atoms with E-state index in [0.717, 1.165) is 0 Å². The number of benzene rings is 1. The highest BCUT2D eigenvalue weighted by Crippen LogP contribution is 2.33. The van der Waals surface area contributed by atoms with Crippen molar-refractivity contribution in [1.82, 2.24) is 9.88 Å². The van der Waals surface area contributed by atoms with Crippen LogP contribution < -0.4 is 0 Å². The first-order chi connectivity index (χ1) is 11.7. The molecule has 0 atom stereocenters. The average Bonchev–Trinajstić information content (AvgIpc) is 2.85. The lowest BCUT2D eigenvalue weighted by Gasteiger charge is -2.12. The molecule has 1 saturated heterocycles. The maximum atomic E-state index is 13.3. The Balaban J connectivity index is 1.95. The zero-order valence-electron chi connectivity index (χ0n) is 12.7. The lowest BCUT2D eigenvalue weighted by molar-refractivity contribution is -0.121. The quantitative estimate of drug-likeness (QED) is 0.624. The third-order valence-electron chi connectivity index (χ3n) is 3.21. The summed E-state index contributed by atoms with van der Waals surface area (Å²) in [6.07, 6.45) is 4.94. The summed E-state index contributed by atoms with van der Waals surface area (Å²) in [4.78, 5) is 23.2. The molecule has 1 aromatic carbocycles. The molecule has 0 spiro atoms. The number of rotatable bonds is 4. The first kappa shape index (κ1) is 16.1. The number of hydrogen-bond donors (Lipinski definition) is 0. The first-order valence-corrected chi connectivity index (χ1v) is 8.06. The van der Waals surface area contributed by atoms with Gasteiger partial charge in [-0.25, -0.2) is 14.4 Å². The third-order valence-corrected chi connectivity index (χ3v) is 4.21. The molecule has 1 amide bonds. The Kier molecular flexibility index (Phi) is 4.86. The van der Waals surface area contributed by atoms with Crippen LogP contribution in [0.1, 0.15) is 5.56 Å². The zero-order chi connectivity index (χ0) is 16.9. The standard InChI is InChI=1S/C18H14FN3OS/c1-2-10-22-17(23)15(12-13-6-5-7-14(19)11-13)24-18(22)21-16-8-3-4-9-20-16/h2-9,11-12H,1,10H2/b15-12-,21-18+. The Morgan fingerprint density at radius 3 is 2.88 bits per heavy atom. The number of amidine groups is 1. The highest BCUT2D eigenvalue weighted by Gasteiger charge is 2.32. The molecule has 1 aliphatic rings. The van der Waals surface area contributed by atoms with Crippen LogP contribution in [0.2, 0.25) is 0 Å². The number of carbonyl (C=O) groups excluding carboxylic acids is 1. The molecule has 24 heavy (non-hydrogen) atoms. The van der Waals surface area contributed by atoms with Gasteiger partial charge in [-0.2, -0.15) is 0 Å². The summed E-state index contributed by atoms with van der Waals surface area (Å²) in [5, 5.41) is 0.529. The number of pyridine rings is 1. The molecular weight excluding hydrogens is 325 g/mol. The van der Waals surface area contributed by atoms with Gasteiger partial charge in [-0.05, 0) is 47.7 Å². The number of aromatic nitrogens is 1. The summed E-state index contributed by atoms with van der Waals surface area (Å²) in [5.41, 5.74) is 0.628. The smallest absolute Gasteiger partial charge is 0.267 e. The van der Waals surface area contributed by atoms with Crippen molar-refractivity contribution in [2.45, 2.75) is 0 Å². The molecule has 2 aromatic rings. The van der Waals surface area contributed by atoms with Crippen LogP contribution >= 0.6 is 11.8 Å². The van der Waals surface area contributed by atoms with Crippen LogP contribution in [0.25, 0.3) is 6.08 Å². The molecule has 3 rings (SSSR count). The van der Waals surface area contributed by atoms with Crippen molar-refractivity contribution in [2.75, 3.05) is 6.54 Å². The number of hydrogen-bond acceptors (Lipinski definition) is 4. The fourth-order valence-electron chi connectivity index (χ4n) is 2.15. The molecule has 0 N–H and O–H groups in total. The average molecular weight is 339 g/mol. The van der Waals surface area contributed by atoms with Gasteiger partial charge in [0.2, 0.25) is 0 Å². The first-order valence-electron chi connectivity index (χ1n) is 7.25. The van der Waals surface area contributed by atoms with Gasteiger partial charge in [0.25, 0.3) is 5.91 Å². The molecule has 0 radical (unpaired) electrons. The molecule has 0 aliphatic carbocycles. The van der Waals surface area contributed by atoms with Gasteiger partial charge >= 0.3 is 0 Å². The van der Waals surface area contributed by atoms with Crippen LogP contribution in [-0.2, 0) is 4.79 Å². The Hall–Kier alpha value is -2.73. The van der Waals surface area contributed by atoms with Gasteiger partial charge in [0.15, 0.2) is 11.0 Å². The monoisotopic (exact) mass is 339 g/mol. The Morgan fingerprint density at radius 1 is 1.29 bits per heavy atom. The summed E-state index contributed by atoms with van der Waals surface area (Å²) >= 11 is 1.24. The minimum absolute atomic E-state index is 0.182. The molecule has 6 heteroatoms. The molecule has 1 fully saturated rings. The SMILES string of the molecule is C=CCN1C(=O)/C(=C/c2cccc(F)c2)S/C1=N/c1ccccn1. The van der Waals surface area contributed by atoms with Gasteiger partial charge in [-0.1, -0.05) is 24.3 Å². The third kappa shape index (κ3) is 3.60. The Bertz CT molecular complexity index is 833. The van der Waals surface area contributed by atoms with E-state index >= 15 is 0 Å². The number of amides is 1. The number of aliphatic imine (C=N–C) groups is 1. The van der Waals surface area contributed by atoms with E-state index in [2.05, 4.69) is 16.6 Å². The summed E-state index contributed by atoms with van der Waals surface area (Å²) in [7, 11) is 0. The normalized spacial score (nSPS) is 17.7. The van der Waals surface area contributed by atoms with E-state index in [1.807, 2.05) is 6.07 Å². The van der Waals surface area contributed by atoms with Gasteiger partial charge in [0.05, 0.1) is 4.91 Å². The second-order valence-corrected chi connectivity index (χ2v) is 5.96. The topological polar surface area (TPSA) is 45.6 Å². The van der Waals surface area contributed by atoms with E-state index < -0.39 is 0 Å². The minimum Gasteiger partial charge on any atom is -0.282 e. The molecule has 0 saturated carbocycles. The van der Waals surface area contributed by atoms with Gasteiger partial charge in [0, 0.05) is 12.7 Å². The predicted octanol–water partition coefficient (Wildman–Crippen LogP) is 4.01. The highest BCUT2D eigenvalue weighted by atomic mass is 32.2. The van der Waals surface area contributed by atoms with E-state index in [1.165, 1.54) is 28.8 Å². The van der Waals surface area contributed by atoms with E-state index in [-0.39, 0.29) is 11.7 Å². The zero-order valence-corrected chi connectivity index (χ0v) is 13.5. The van der Waals surface area contributed by atoms with Crippen molar-refractivity contribution in [3.05, 3.63) is 77.6 Å². The highest BCUT2D eigenvalue weighted by molar-refractivity contribution is 8.18. The lowest BCUT2D eigenvalue weighted by atomic mass is 10.2. The molecule has 2 heterocycles. The molecule has 1 aliphatic heterocycles. The number of carbonyl (C=O) groups is 1. The fourth-order valence-corrected chi connectivity index (χ4v) is 3.14. The molecule has 120 valence electrons. The van der Waals surface area contributed by atoms with E-state index in [9.17, 15) is 9.18 Å². The van der Waals surface area contributed by atoms with Crippen LogP contribution in [0.3, 0.4) is 0 Å². The minimum atomic E-state index is -0.342. The summed E-state index contributed by atoms with van der Waals surface area (Å²) in [6.45, 7) is 4.02. The predicted molar refractivity (Wildman–Crippen MR) is 95.2 cm³/mol. The van der Waals surface area contributed by atoms with Crippen LogP contribution in [-0.4, -0.2) is 27.5 Å². The van der Waals surface area contributed by atoms with Crippen LogP contribution in [0, 0.1) is 5.82 Å². The van der Waals surface area contributed by atoms with Crippen LogP contribution in [0.5, 0.6) is 0 Å². The van der Waals surface area contributed by atoms with E-state index in [1.54, 1.807) is 42.6 Å². The van der Waals surface area contributed by atoms with Gasteiger partial charge < -0.3 is 0 Å². The number of nitrogens with zero attached hydrogens (tertiary/aromatic N) is 3. The molecular formula is C18H14FN3OS. The largest absolute Gasteiger partial charge is 0.282 e.